The number of carbonyl (C=O) groups excluding carboxylic acids is 1. The van der Waals surface area contributed by atoms with Crippen LogP contribution in [-0.4, -0.2) is 23.7 Å². The lowest BCUT2D eigenvalue weighted by atomic mass is 10.2. The summed E-state index contributed by atoms with van der Waals surface area (Å²) >= 11 is 0. The first-order valence-corrected chi connectivity index (χ1v) is 6.85. The first kappa shape index (κ1) is 16.7. The molecule has 0 saturated heterocycles. The Morgan fingerprint density at radius 1 is 1.29 bits per heavy atom. The highest BCUT2D eigenvalue weighted by atomic mass is 16.6. The Hall–Kier alpha value is -3.66. The molecule has 0 spiro atoms. The second kappa shape index (κ2) is 8.10. The van der Waals surface area contributed by atoms with Crippen LogP contribution in [0, 0.1) is 22.5 Å². The fourth-order valence-corrected chi connectivity index (χ4v) is 1.80. The largest absolute Gasteiger partial charge is 0.480 e. The van der Waals surface area contributed by atoms with E-state index in [1.54, 1.807) is 24.3 Å². The molecular formula is C17H13N3O4. The molecule has 0 aromatic heterocycles. The van der Waals surface area contributed by atoms with Gasteiger partial charge in [0, 0.05) is 23.3 Å². The van der Waals surface area contributed by atoms with Gasteiger partial charge in [0.25, 0.3) is 11.6 Å². The zero-order valence-corrected chi connectivity index (χ0v) is 12.5. The molecule has 0 heterocycles. The third kappa shape index (κ3) is 4.42. The van der Waals surface area contributed by atoms with Gasteiger partial charge >= 0.3 is 0 Å². The number of nitrogens with one attached hydrogen (secondary N) is 1. The number of rotatable bonds is 6. The average Bonchev–Trinajstić information content (AvgIpc) is 2.60. The molecule has 7 nitrogen and oxygen atoms in total. The van der Waals surface area contributed by atoms with Gasteiger partial charge < -0.3 is 4.74 Å². The minimum absolute atomic E-state index is 0.0883. The number of hydrogen-bond donors (Lipinski definition) is 1. The molecule has 7 heteroatoms. The van der Waals surface area contributed by atoms with Gasteiger partial charge in [0.1, 0.15) is 12.4 Å². The number of nitrogens with zero attached hydrogens (tertiary/aromatic N) is 2. The highest BCUT2D eigenvalue weighted by Crippen LogP contribution is 2.15. The summed E-state index contributed by atoms with van der Waals surface area (Å²) in [5, 5.41) is 14.4. The van der Waals surface area contributed by atoms with Gasteiger partial charge in [-0.25, -0.2) is 5.43 Å². The number of hydrogen-bond acceptors (Lipinski definition) is 5. The van der Waals surface area contributed by atoms with Crippen molar-refractivity contribution in [1.82, 2.24) is 5.43 Å². The normalized spacial score (nSPS) is 10.1. The number of hydrazone groups is 1. The molecule has 2 aromatic carbocycles. The topological polar surface area (TPSA) is 93.8 Å². The van der Waals surface area contributed by atoms with Crippen LogP contribution in [0.3, 0.4) is 0 Å². The van der Waals surface area contributed by atoms with Gasteiger partial charge in [-0.3, -0.25) is 14.9 Å². The van der Waals surface area contributed by atoms with Gasteiger partial charge in [0.15, 0.2) is 0 Å². The molecule has 0 radical (unpaired) electrons. The molecule has 0 fully saturated rings. The van der Waals surface area contributed by atoms with E-state index in [-0.39, 0.29) is 17.9 Å². The SMILES string of the molecule is C#CCOc1ccccc1C=NNC(=O)c1ccc([N+](=O)[O-])cc1. The lowest BCUT2D eigenvalue weighted by molar-refractivity contribution is -0.384. The maximum atomic E-state index is 11.9. The summed E-state index contributed by atoms with van der Waals surface area (Å²) < 4.78 is 5.36. The minimum Gasteiger partial charge on any atom is -0.480 e. The van der Waals surface area contributed by atoms with E-state index in [9.17, 15) is 14.9 Å². The molecule has 0 unspecified atom stereocenters. The van der Waals surface area contributed by atoms with Crippen molar-refractivity contribution in [1.29, 1.82) is 0 Å². The van der Waals surface area contributed by atoms with Gasteiger partial charge in [-0.05, 0) is 24.3 Å². The number of non-ortho nitro benzene ring substituents is 1. The standard InChI is InChI=1S/C17H13N3O4/c1-2-11-24-16-6-4-3-5-14(16)12-18-19-17(21)13-7-9-15(10-8-13)20(22)23/h1,3-10,12H,11H2,(H,19,21). The maximum Gasteiger partial charge on any atom is 0.271 e. The van der Waals surface area contributed by atoms with Crippen molar-refractivity contribution in [2.45, 2.75) is 0 Å². The van der Waals surface area contributed by atoms with Crippen LogP contribution in [0.1, 0.15) is 15.9 Å². The molecular weight excluding hydrogens is 310 g/mol. The first-order valence-electron chi connectivity index (χ1n) is 6.85. The van der Waals surface area contributed by atoms with Crippen molar-refractivity contribution < 1.29 is 14.5 Å². The molecule has 0 atom stereocenters. The van der Waals surface area contributed by atoms with E-state index in [2.05, 4.69) is 16.4 Å². The summed E-state index contributed by atoms with van der Waals surface area (Å²) in [6.45, 7) is 0.125. The molecule has 0 saturated carbocycles. The molecule has 0 aliphatic heterocycles. The van der Waals surface area contributed by atoms with Gasteiger partial charge in [0.2, 0.25) is 0 Å². The number of nitro benzene ring substituents is 1. The van der Waals surface area contributed by atoms with Gasteiger partial charge in [-0.1, -0.05) is 18.1 Å². The van der Waals surface area contributed by atoms with Crippen LogP contribution < -0.4 is 10.2 Å². The lowest BCUT2D eigenvalue weighted by Crippen LogP contribution is -2.17. The predicted octanol–water partition coefficient (Wildman–Crippen LogP) is 2.37. The molecule has 2 rings (SSSR count). The molecule has 24 heavy (non-hydrogen) atoms. The summed E-state index contributed by atoms with van der Waals surface area (Å²) in [4.78, 5) is 22.0. The minimum atomic E-state index is -0.535. The molecule has 2 aromatic rings. The summed E-state index contributed by atoms with van der Waals surface area (Å²) in [5.41, 5.74) is 3.16. The van der Waals surface area contributed by atoms with Gasteiger partial charge in [-0.15, -0.1) is 6.42 Å². The van der Waals surface area contributed by atoms with Crippen molar-refractivity contribution in [2.24, 2.45) is 5.10 Å². The van der Waals surface area contributed by atoms with E-state index in [0.29, 0.717) is 11.3 Å². The molecule has 0 aliphatic carbocycles. The van der Waals surface area contributed by atoms with Crippen molar-refractivity contribution >= 4 is 17.8 Å². The summed E-state index contributed by atoms with van der Waals surface area (Å²) in [5.74, 6) is 2.43. The predicted molar refractivity (Wildman–Crippen MR) is 88.9 cm³/mol. The first-order chi connectivity index (χ1) is 11.6. The fourth-order valence-electron chi connectivity index (χ4n) is 1.80. The smallest absolute Gasteiger partial charge is 0.271 e. The fraction of sp³-hybridized carbons (Fsp3) is 0.0588. The van der Waals surface area contributed by atoms with Crippen LogP contribution in [0.5, 0.6) is 5.75 Å². The van der Waals surface area contributed by atoms with Crippen LogP contribution in [0.2, 0.25) is 0 Å². The van der Waals surface area contributed by atoms with Crippen molar-refractivity contribution in [3.05, 3.63) is 69.8 Å². The van der Waals surface area contributed by atoms with Gasteiger partial charge in [0.05, 0.1) is 11.1 Å². The number of para-hydroxylation sites is 1. The average molecular weight is 323 g/mol. The van der Waals surface area contributed by atoms with Gasteiger partial charge in [-0.2, -0.15) is 5.10 Å². The Morgan fingerprint density at radius 3 is 2.67 bits per heavy atom. The molecule has 120 valence electrons. The molecule has 1 amide bonds. The van der Waals surface area contributed by atoms with Crippen molar-refractivity contribution in [3.8, 4) is 18.1 Å². The summed E-state index contributed by atoms with van der Waals surface area (Å²) in [6.07, 6.45) is 6.58. The number of amides is 1. The van der Waals surface area contributed by atoms with E-state index < -0.39 is 10.8 Å². The molecule has 0 aliphatic rings. The van der Waals surface area contributed by atoms with Crippen LogP contribution >= 0.6 is 0 Å². The van der Waals surface area contributed by atoms with Crippen molar-refractivity contribution in [3.63, 3.8) is 0 Å². The second-order valence-corrected chi connectivity index (χ2v) is 4.53. The highest BCUT2D eigenvalue weighted by Gasteiger charge is 2.08. The summed E-state index contributed by atoms with van der Waals surface area (Å²) in [6, 6.07) is 12.3. The quantitative estimate of drug-likeness (QED) is 0.382. The van der Waals surface area contributed by atoms with Crippen LogP contribution in [0.25, 0.3) is 0 Å². The van der Waals surface area contributed by atoms with E-state index in [0.717, 1.165) is 0 Å². The summed E-state index contributed by atoms with van der Waals surface area (Å²) in [7, 11) is 0. The van der Waals surface area contributed by atoms with Crippen LogP contribution in [0.15, 0.2) is 53.6 Å². The van der Waals surface area contributed by atoms with E-state index in [1.807, 2.05) is 0 Å². The Kier molecular flexibility index (Phi) is 5.64. The van der Waals surface area contributed by atoms with Crippen LogP contribution in [0.4, 0.5) is 5.69 Å². The third-order valence-corrected chi connectivity index (χ3v) is 2.94. The van der Waals surface area contributed by atoms with Crippen molar-refractivity contribution in [2.75, 3.05) is 6.61 Å². The number of terminal acetylenes is 1. The number of ether oxygens (including phenoxy) is 1. The van der Waals surface area contributed by atoms with Crippen LogP contribution in [-0.2, 0) is 0 Å². The number of benzene rings is 2. The Morgan fingerprint density at radius 2 is 2.00 bits per heavy atom. The Balaban J connectivity index is 2.02. The molecule has 1 N–H and O–H groups in total. The Bertz CT molecular complexity index is 807. The van der Waals surface area contributed by atoms with E-state index in [4.69, 9.17) is 11.2 Å². The zero-order chi connectivity index (χ0) is 17.4. The third-order valence-electron chi connectivity index (χ3n) is 2.94. The highest BCUT2D eigenvalue weighted by molar-refractivity contribution is 5.95. The Labute approximate surface area is 138 Å². The monoisotopic (exact) mass is 323 g/mol. The number of carbonyl (C=O) groups is 1. The lowest BCUT2D eigenvalue weighted by Gasteiger charge is -2.05. The number of nitro groups is 1. The zero-order valence-electron chi connectivity index (χ0n) is 12.5. The van der Waals surface area contributed by atoms with E-state index in [1.165, 1.54) is 30.5 Å². The maximum absolute atomic E-state index is 11.9. The van der Waals surface area contributed by atoms with E-state index >= 15 is 0 Å². The second-order valence-electron chi connectivity index (χ2n) is 4.53. The molecule has 0 bridgehead atoms.